The molecule has 1 N–H and O–H groups in total. The zero-order valence-corrected chi connectivity index (χ0v) is 9.86. The number of nitrogens with one attached hydrogen (secondary N) is 1. The third-order valence-electron chi connectivity index (χ3n) is 2.51. The molecular formula is C13H14N2O2. The predicted molar refractivity (Wildman–Crippen MR) is 66.5 cm³/mol. The monoisotopic (exact) mass is 230 g/mol. The molecule has 0 aliphatic rings. The zero-order chi connectivity index (χ0) is 12.3. The Hall–Kier alpha value is -2.10. The first-order valence-electron chi connectivity index (χ1n) is 5.49. The molecule has 0 unspecified atom stereocenters. The molecule has 2 aromatic rings. The maximum absolute atomic E-state index is 11.2. The van der Waals surface area contributed by atoms with Crippen LogP contribution in [0.3, 0.4) is 0 Å². The molecule has 0 atom stereocenters. The van der Waals surface area contributed by atoms with Crippen molar-refractivity contribution in [3.8, 4) is 0 Å². The number of H-pyrrole nitrogens is 1. The number of rotatable bonds is 3. The topological polar surface area (TPSA) is 55.0 Å². The molecule has 4 nitrogen and oxygen atoms in total. The van der Waals surface area contributed by atoms with Gasteiger partial charge in [-0.15, -0.1) is 0 Å². The number of ether oxygens (including phenoxy) is 1. The van der Waals surface area contributed by atoms with Crippen LogP contribution in [0.15, 0.2) is 24.4 Å². The third kappa shape index (κ3) is 2.53. The Kier molecular flexibility index (Phi) is 3.23. The molecular weight excluding hydrogens is 216 g/mol. The SMILES string of the molecule is CCOC(=O)C=Cc1cc2cn[nH]c2cc1C. The van der Waals surface area contributed by atoms with Crippen molar-refractivity contribution >= 4 is 22.9 Å². The number of aryl methyl sites for hydroxylation is 1. The second-order valence-corrected chi connectivity index (χ2v) is 3.75. The van der Waals surface area contributed by atoms with Gasteiger partial charge in [0.1, 0.15) is 0 Å². The van der Waals surface area contributed by atoms with Gasteiger partial charge in [-0.05, 0) is 43.2 Å². The van der Waals surface area contributed by atoms with Crippen LogP contribution in [-0.4, -0.2) is 22.8 Å². The van der Waals surface area contributed by atoms with E-state index < -0.39 is 0 Å². The fraction of sp³-hybridized carbons (Fsp3) is 0.231. The van der Waals surface area contributed by atoms with Crippen LogP contribution < -0.4 is 0 Å². The van der Waals surface area contributed by atoms with Crippen molar-refractivity contribution in [3.63, 3.8) is 0 Å². The minimum absolute atomic E-state index is 0.320. The average Bonchev–Trinajstić information content (AvgIpc) is 2.73. The van der Waals surface area contributed by atoms with Gasteiger partial charge in [0.15, 0.2) is 0 Å². The summed E-state index contributed by atoms with van der Waals surface area (Å²) in [6.07, 6.45) is 4.97. The fourth-order valence-electron chi connectivity index (χ4n) is 1.65. The summed E-state index contributed by atoms with van der Waals surface area (Å²) in [7, 11) is 0. The summed E-state index contributed by atoms with van der Waals surface area (Å²) in [5.41, 5.74) is 3.07. The fourth-order valence-corrected chi connectivity index (χ4v) is 1.65. The molecule has 4 heteroatoms. The third-order valence-corrected chi connectivity index (χ3v) is 2.51. The van der Waals surface area contributed by atoms with Crippen molar-refractivity contribution in [3.05, 3.63) is 35.5 Å². The largest absolute Gasteiger partial charge is 0.463 e. The van der Waals surface area contributed by atoms with Gasteiger partial charge in [-0.3, -0.25) is 5.10 Å². The number of carbonyl (C=O) groups excluding carboxylic acids is 1. The number of esters is 1. The number of carbonyl (C=O) groups is 1. The highest BCUT2D eigenvalue weighted by molar-refractivity contribution is 5.89. The van der Waals surface area contributed by atoms with Crippen LogP contribution in [0.2, 0.25) is 0 Å². The highest BCUT2D eigenvalue weighted by Gasteiger charge is 2.01. The highest BCUT2D eigenvalue weighted by atomic mass is 16.5. The van der Waals surface area contributed by atoms with E-state index in [2.05, 4.69) is 10.2 Å². The standard InChI is InChI=1S/C13H14N2O2/c1-3-17-13(16)5-4-10-7-11-8-14-15-12(11)6-9(10)2/h4-8H,3H2,1-2H3,(H,14,15). The van der Waals surface area contributed by atoms with Crippen LogP contribution in [-0.2, 0) is 9.53 Å². The lowest BCUT2D eigenvalue weighted by molar-refractivity contribution is -0.137. The Morgan fingerprint density at radius 2 is 2.35 bits per heavy atom. The number of hydrogen-bond acceptors (Lipinski definition) is 3. The first kappa shape index (κ1) is 11.4. The van der Waals surface area contributed by atoms with Crippen molar-refractivity contribution in [2.24, 2.45) is 0 Å². The minimum Gasteiger partial charge on any atom is -0.463 e. The quantitative estimate of drug-likeness (QED) is 0.651. The van der Waals surface area contributed by atoms with E-state index in [0.29, 0.717) is 6.61 Å². The number of hydrogen-bond donors (Lipinski definition) is 1. The zero-order valence-electron chi connectivity index (χ0n) is 9.86. The molecule has 0 saturated carbocycles. The molecule has 0 bridgehead atoms. The van der Waals surface area contributed by atoms with Crippen LogP contribution in [0.25, 0.3) is 17.0 Å². The molecule has 0 aliphatic carbocycles. The summed E-state index contributed by atoms with van der Waals surface area (Å²) in [6.45, 7) is 4.17. The Bertz CT molecular complexity index is 570. The van der Waals surface area contributed by atoms with Gasteiger partial charge in [-0.25, -0.2) is 4.79 Å². The lowest BCUT2D eigenvalue weighted by Gasteiger charge is -2.00. The Morgan fingerprint density at radius 3 is 3.12 bits per heavy atom. The average molecular weight is 230 g/mol. The van der Waals surface area contributed by atoms with Crippen LogP contribution in [0, 0.1) is 6.92 Å². The van der Waals surface area contributed by atoms with E-state index in [1.54, 1.807) is 19.2 Å². The smallest absolute Gasteiger partial charge is 0.330 e. The van der Waals surface area contributed by atoms with Gasteiger partial charge in [-0.2, -0.15) is 5.10 Å². The van der Waals surface area contributed by atoms with E-state index in [9.17, 15) is 4.79 Å². The highest BCUT2D eigenvalue weighted by Crippen LogP contribution is 2.18. The van der Waals surface area contributed by atoms with E-state index in [-0.39, 0.29) is 5.97 Å². The Morgan fingerprint density at radius 1 is 1.53 bits per heavy atom. The Labute approximate surface area is 99.3 Å². The van der Waals surface area contributed by atoms with Crippen molar-refractivity contribution in [1.82, 2.24) is 10.2 Å². The second-order valence-electron chi connectivity index (χ2n) is 3.75. The van der Waals surface area contributed by atoms with Gasteiger partial charge >= 0.3 is 5.97 Å². The molecule has 1 heterocycles. The molecule has 0 radical (unpaired) electrons. The summed E-state index contributed by atoms with van der Waals surface area (Å²) in [5.74, 6) is -0.320. The van der Waals surface area contributed by atoms with Crippen LogP contribution in [0.4, 0.5) is 0 Å². The van der Waals surface area contributed by atoms with Gasteiger partial charge in [0.2, 0.25) is 0 Å². The van der Waals surface area contributed by atoms with Gasteiger partial charge in [0.25, 0.3) is 0 Å². The molecule has 88 valence electrons. The van der Waals surface area contributed by atoms with Crippen molar-refractivity contribution in [2.75, 3.05) is 6.61 Å². The maximum Gasteiger partial charge on any atom is 0.330 e. The Balaban J connectivity index is 2.28. The van der Waals surface area contributed by atoms with Crippen molar-refractivity contribution in [2.45, 2.75) is 13.8 Å². The van der Waals surface area contributed by atoms with Gasteiger partial charge in [-0.1, -0.05) is 0 Å². The normalized spacial score (nSPS) is 11.2. The van der Waals surface area contributed by atoms with Crippen LogP contribution >= 0.6 is 0 Å². The van der Waals surface area contributed by atoms with Gasteiger partial charge < -0.3 is 4.74 Å². The van der Waals surface area contributed by atoms with E-state index in [0.717, 1.165) is 22.0 Å². The van der Waals surface area contributed by atoms with Crippen molar-refractivity contribution in [1.29, 1.82) is 0 Å². The van der Waals surface area contributed by atoms with E-state index >= 15 is 0 Å². The first-order chi connectivity index (χ1) is 8.20. The number of benzene rings is 1. The first-order valence-corrected chi connectivity index (χ1v) is 5.49. The molecule has 1 aromatic carbocycles. The molecule has 0 spiro atoms. The van der Waals surface area contributed by atoms with E-state index in [1.807, 2.05) is 19.1 Å². The lowest BCUT2D eigenvalue weighted by atomic mass is 10.1. The lowest BCUT2D eigenvalue weighted by Crippen LogP contribution is -1.98. The number of aromatic nitrogens is 2. The molecule has 0 aliphatic heterocycles. The number of nitrogens with zero attached hydrogens (tertiary/aromatic N) is 1. The minimum atomic E-state index is -0.320. The molecule has 0 amide bonds. The summed E-state index contributed by atoms with van der Waals surface area (Å²) >= 11 is 0. The number of aromatic amines is 1. The van der Waals surface area contributed by atoms with E-state index in [1.165, 1.54) is 6.08 Å². The molecule has 17 heavy (non-hydrogen) atoms. The number of fused-ring (bicyclic) bond motifs is 1. The molecule has 1 aromatic heterocycles. The van der Waals surface area contributed by atoms with Crippen molar-refractivity contribution < 1.29 is 9.53 Å². The summed E-state index contributed by atoms with van der Waals surface area (Å²) in [5, 5.41) is 7.90. The maximum atomic E-state index is 11.2. The molecule has 0 saturated heterocycles. The second kappa shape index (κ2) is 4.82. The van der Waals surface area contributed by atoms with Gasteiger partial charge in [0.05, 0.1) is 18.3 Å². The predicted octanol–water partition coefficient (Wildman–Crippen LogP) is 2.45. The molecule has 2 rings (SSSR count). The van der Waals surface area contributed by atoms with Gasteiger partial charge in [0, 0.05) is 11.5 Å². The summed E-state index contributed by atoms with van der Waals surface area (Å²) < 4.78 is 4.83. The summed E-state index contributed by atoms with van der Waals surface area (Å²) in [4.78, 5) is 11.2. The molecule has 0 fully saturated rings. The summed E-state index contributed by atoms with van der Waals surface area (Å²) in [6, 6.07) is 4.00. The van der Waals surface area contributed by atoms with E-state index in [4.69, 9.17) is 4.74 Å². The van der Waals surface area contributed by atoms with Crippen LogP contribution in [0.5, 0.6) is 0 Å². The van der Waals surface area contributed by atoms with Crippen LogP contribution in [0.1, 0.15) is 18.1 Å².